The zero-order chi connectivity index (χ0) is 15.9. The summed E-state index contributed by atoms with van der Waals surface area (Å²) in [7, 11) is 1.67. The first-order valence-electron chi connectivity index (χ1n) is 7.39. The van der Waals surface area contributed by atoms with Gasteiger partial charge in [-0.25, -0.2) is 0 Å². The van der Waals surface area contributed by atoms with Crippen LogP contribution in [0.1, 0.15) is 41.5 Å². The minimum absolute atomic E-state index is 0.0408. The molecule has 3 nitrogen and oxygen atoms in total. The Hall–Kier alpha value is -0.640. The van der Waals surface area contributed by atoms with Crippen molar-refractivity contribution in [2.24, 2.45) is 17.8 Å². The summed E-state index contributed by atoms with van der Waals surface area (Å²) >= 11 is 0. The predicted octanol–water partition coefficient (Wildman–Crippen LogP) is 3.18. The minimum atomic E-state index is -0.478. The summed E-state index contributed by atoms with van der Waals surface area (Å²) < 4.78 is 5.47. The third-order valence-corrected chi connectivity index (χ3v) is 3.73. The van der Waals surface area contributed by atoms with Gasteiger partial charge in [-0.15, -0.1) is 0 Å². The molecular formula is C17H32O3. The molecule has 0 saturated heterocycles. The van der Waals surface area contributed by atoms with Crippen molar-refractivity contribution in [2.75, 3.05) is 13.7 Å². The highest BCUT2D eigenvalue weighted by Crippen LogP contribution is 2.22. The van der Waals surface area contributed by atoms with Gasteiger partial charge in [-0.3, -0.25) is 0 Å². The number of hydrogen-bond donors (Lipinski definition) is 2. The van der Waals surface area contributed by atoms with Crippen LogP contribution in [0.4, 0.5) is 0 Å². The Bertz CT molecular complexity index is 329. The molecule has 0 rings (SSSR count). The van der Waals surface area contributed by atoms with Gasteiger partial charge in [0.2, 0.25) is 0 Å². The van der Waals surface area contributed by atoms with Crippen LogP contribution >= 0.6 is 0 Å². The normalized spacial score (nSPS) is 19.9. The average molecular weight is 284 g/mol. The number of aliphatic hydroxyl groups excluding tert-OH is 2. The van der Waals surface area contributed by atoms with Gasteiger partial charge in [-0.05, 0) is 26.3 Å². The summed E-state index contributed by atoms with van der Waals surface area (Å²) in [5.74, 6) is 0.321. The molecule has 0 heterocycles. The van der Waals surface area contributed by atoms with Crippen molar-refractivity contribution in [3.8, 4) is 0 Å². The van der Waals surface area contributed by atoms with Crippen molar-refractivity contribution in [1.29, 1.82) is 0 Å². The molecule has 0 radical (unpaired) electrons. The maximum atomic E-state index is 10.3. The van der Waals surface area contributed by atoms with Crippen LogP contribution in [0, 0.1) is 17.8 Å². The summed E-state index contributed by atoms with van der Waals surface area (Å²) in [5.41, 5.74) is 2.16. The molecular weight excluding hydrogens is 252 g/mol. The fraction of sp³-hybridized carbons (Fsp3) is 0.765. The number of rotatable bonds is 8. The lowest BCUT2D eigenvalue weighted by Crippen LogP contribution is -2.30. The number of hydrogen-bond acceptors (Lipinski definition) is 3. The summed E-state index contributed by atoms with van der Waals surface area (Å²) in [4.78, 5) is 0. The fourth-order valence-corrected chi connectivity index (χ4v) is 2.71. The molecule has 0 amide bonds. The molecule has 0 aliphatic carbocycles. The Kier molecular flexibility index (Phi) is 9.03. The molecule has 118 valence electrons. The van der Waals surface area contributed by atoms with Gasteiger partial charge in [0.1, 0.15) is 0 Å². The van der Waals surface area contributed by atoms with Gasteiger partial charge < -0.3 is 14.9 Å². The van der Waals surface area contributed by atoms with E-state index in [1.807, 2.05) is 34.6 Å². The van der Waals surface area contributed by atoms with Gasteiger partial charge in [0, 0.05) is 31.5 Å². The third-order valence-electron chi connectivity index (χ3n) is 3.73. The predicted molar refractivity (Wildman–Crippen MR) is 84.6 cm³/mol. The number of methoxy groups -OCH3 is 1. The molecule has 0 aromatic heterocycles. The molecule has 0 aromatic rings. The molecule has 0 spiro atoms. The Morgan fingerprint density at radius 3 is 2.00 bits per heavy atom. The second kappa shape index (κ2) is 9.32. The van der Waals surface area contributed by atoms with E-state index < -0.39 is 6.10 Å². The van der Waals surface area contributed by atoms with Gasteiger partial charge >= 0.3 is 0 Å². The second-order valence-corrected chi connectivity index (χ2v) is 6.18. The average Bonchev–Trinajstić information content (AvgIpc) is 2.37. The highest BCUT2D eigenvalue weighted by molar-refractivity contribution is 5.12. The zero-order valence-corrected chi connectivity index (χ0v) is 14.1. The molecule has 0 aromatic carbocycles. The molecule has 5 atom stereocenters. The lowest BCUT2D eigenvalue weighted by atomic mass is 9.89. The standard InChI is InChI=1S/C17H32O3/c1-11(2)8-12(3)16(19)13(4)9-14(5)17(20-7)15(6)10-18/h8-9,12,14-19H,10H2,1-7H3/b13-9+/t12-,14+,15+,16-,17+/m1/s1. The maximum absolute atomic E-state index is 10.3. The van der Waals surface area contributed by atoms with Crippen LogP contribution in [-0.4, -0.2) is 36.1 Å². The number of allylic oxidation sites excluding steroid dienone is 1. The van der Waals surface area contributed by atoms with Crippen molar-refractivity contribution < 1.29 is 14.9 Å². The van der Waals surface area contributed by atoms with Crippen LogP contribution in [0.3, 0.4) is 0 Å². The summed E-state index contributed by atoms with van der Waals surface area (Å²) in [5, 5.41) is 19.6. The Labute approximate surface area is 124 Å². The lowest BCUT2D eigenvalue weighted by molar-refractivity contribution is 0.0101. The molecule has 0 fully saturated rings. The van der Waals surface area contributed by atoms with E-state index >= 15 is 0 Å². The number of aliphatic hydroxyl groups is 2. The van der Waals surface area contributed by atoms with Crippen molar-refractivity contribution in [3.05, 3.63) is 23.3 Å². The van der Waals surface area contributed by atoms with E-state index in [-0.39, 0.29) is 30.5 Å². The molecule has 0 bridgehead atoms. The maximum Gasteiger partial charge on any atom is 0.0807 e. The van der Waals surface area contributed by atoms with E-state index in [1.165, 1.54) is 5.57 Å². The molecule has 0 aliphatic heterocycles. The van der Waals surface area contributed by atoms with Gasteiger partial charge in [-0.2, -0.15) is 0 Å². The third kappa shape index (κ3) is 6.21. The van der Waals surface area contributed by atoms with Gasteiger partial charge in [-0.1, -0.05) is 38.5 Å². The van der Waals surface area contributed by atoms with Crippen LogP contribution in [0.25, 0.3) is 0 Å². The van der Waals surface area contributed by atoms with Crippen molar-refractivity contribution in [1.82, 2.24) is 0 Å². The minimum Gasteiger partial charge on any atom is -0.396 e. The smallest absolute Gasteiger partial charge is 0.0807 e. The Morgan fingerprint density at radius 2 is 1.60 bits per heavy atom. The highest BCUT2D eigenvalue weighted by Gasteiger charge is 2.23. The first-order valence-corrected chi connectivity index (χ1v) is 7.39. The van der Waals surface area contributed by atoms with E-state index in [4.69, 9.17) is 4.74 Å². The molecule has 0 aliphatic rings. The molecule has 20 heavy (non-hydrogen) atoms. The molecule has 3 heteroatoms. The van der Waals surface area contributed by atoms with E-state index in [1.54, 1.807) is 7.11 Å². The van der Waals surface area contributed by atoms with Crippen molar-refractivity contribution >= 4 is 0 Å². The van der Waals surface area contributed by atoms with E-state index in [0.29, 0.717) is 0 Å². The van der Waals surface area contributed by atoms with Crippen LogP contribution in [0.15, 0.2) is 23.3 Å². The van der Waals surface area contributed by atoms with Gasteiger partial charge in [0.05, 0.1) is 12.2 Å². The first-order chi connectivity index (χ1) is 9.24. The van der Waals surface area contributed by atoms with Crippen LogP contribution in [-0.2, 0) is 4.74 Å². The van der Waals surface area contributed by atoms with E-state index in [2.05, 4.69) is 19.1 Å². The zero-order valence-electron chi connectivity index (χ0n) is 14.1. The topological polar surface area (TPSA) is 49.7 Å². The monoisotopic (exact) mass is 284 g/mol. The lowest BCUT2D eigenvalue weighted by Gasteiger charge is -2.27. The molecule has 0 unspecified atom stereocenters. The summed E-state index contributed by atoms with van der Waals surface area (Å²) in [6.45, 7) is 12.2. The Morgan fingerprint density at radius 1 is 1.05 bits per heavy atom. The molecule has 0 saturated carbocycles. The van der Waals surface area contributed by atoms with Gasteiger partial charge in [0.15, 0.2) is 0 Å². The summed E-state index contributed by atoms with van der Waals surface area (Å²) in [6, 6.07) is 0. The quantitative estimate of drug-likeness (QED) is 0.673. The number of ether oxygens (including phenoxy) is 1. The van der Waals surface area contributed by atoms with Crippen LogP contribution in [0.2, 0.25) is 0 Å². The molecule has 2 N–H and O–H groups in total. The second-order valence-electron chi connectivity index (χ2n) is 6.18. The SMILES string of the molecule is CO[C@@H]([C@@H](C)/C=C(\C)[C@H](O)[C@H](C)C=C(C)C)[C@@H](C)CO. The highest BCUT2D eigenvalue weighted by atomic mass is 16.5. The summed E-state index contributed by atoms with van der Waals surface area (Å²) in [6.07, 6.45) is 3.62. The van der Waals surface area contributed by atoms with Crippen molar-refractivity contribution in [2.45, 2.75) is 53.8 Å². The van der Waals surface area contributed by atoms with E-state index in [0.717, 1.165) is 5.57 Å². The largest absolute Gasteiger partial charge is 0.396 e. The van der Waals surface area contributed by atoms with E-state index in [9.17, 15) is 10.2 Å². The van der Waals surface area contributed by atoms with Crippen molar-refractivity contribution in [3.63, 3.8) is 0 Å². The van der Waals surface area contributed by atoms with Crippen LogP contribution in [0.5, 0.6) is 0 Å². The first kappa shape index (κ1) is 19.4. The Balaban J connectivity index is 4.89. The van der Waals surface area contributed by atoms with Gasteiger partial charge in [0.25, 0.3) is 0 Å². The van der Waals surface area contributed by atoms with Crippen LogP contribution < -0.4 is 0 Å². The fourth-order valence-electron chi connectivity index (χ4n) is 2.71.